The van der Waals surface area contributed by atoms with E-state index >= 15 is 0 Å². The Balaban J connectivity index is 2.02. The summed E-state index contributed by atoms with van der Waals surface area (Å²) in [5.74, 6) is 0. The molecule has 4 aromatic rings. The van der Waals surface area contributed by atoms with Gasteiger partial charge in [-0.3, -0.25) is 0 Å². The molecule has 4 rings (SSSR count). The van der Waals surface area contributed by atoms with Gasteiger partial charge < -0.3 is 0 Å². The molecule has 4 aromatic carbocycles. The summed E-state index contributed by atoms with van der Waals surface area (Å²) in [4.78, 5) is 2.93. The van der Waals surface area contributed by atoms with Gasteiger partial charge in [0.25, 0.3) is 0 Å². The van der Waals surface area contributed by atoms with Gasteiger partial charge >= 0.3 is 0 Å². The molecule has 0 heterocycles. The lowest BCUT2D eigenvalue weighted by Crippen LogP contribution is -1.99. The van der Waals surface area contributed by atoms with Crippen LogP contribution in [0.15, 0.2) is 94.7 Å². The summed E-state index contributed by atoms with van der Waals surface area (Å²) in [7, 11) is -1.09. The van der Waals surface area contributed by atoms with Crippen LogP contribution in [-0.4, -0.2) is 12.5 Å². The SMILES string of the molecule is CS(C)(c1cccc2ccccc12)c1cccc2ccccc12. The van der Waals surface area contributed by atoms with Gasteiger partial charge in [-0.25, -0.2) is 0 Å². The molecule has 0 nitrogen and oxygen atoms in total. The van der Waals surface area contributed by atoms with Gasteiger partial charge in [-0.15, -0.1) is 0 Å². The van der Waals surface area contributed by atoms with Crippen LogP contribution in [-0.2, 0) is 0 Å². The average Bonchev–Trinajstić information content (AvgIpc) is 2.60. The molecule has 0 spiro atoms. The maximum Gasteiger partial charge on any atom is 0.00149 e. The van der Waals surface area contributed by atoms with Crippen molar-refractivity contribution in [2.75, 3.05) is 12.5 Å². The van der Waals surface area contributed by atoms with Crippen molar-refractivity contribution >= 4 is 31.6 Å². The molecule has 0 aliphatic rings. The standard InChI is InChI=1S/C22H20S/c1-23(2,21-15-7-11-17-9-3-5-13-19(17)21)22-16-8-12-18-10-4-6-14-20(18)22/h3-16H,1-2H3. The van der Waals surface area contributed by atoms with Gasteiger partial charge in [-0.1, -0.05) is 72.8 Å². The van der Waals surface area contributed by atoms with Crippen molar-refractivity contribution in [1.29, 1.82) is 0 Å². The van der Waals surface area contributed by atoms with Crippen molar-refractivity contribution in [1.82, 2.24) is 0 Å². The Morgan fingerprint density at radius 2 is 0.870 bits per heavy atom. The van der Waals surface area contributed by atoms with Gasteiger partial charge in [0.15, 0.2) is 0 Å². The van der Waals surface area contributed by atoms with Gasteiger partial charge in [0.2, 0.25) is 0 Å². The Bertz CT molecular complexity index is 907. The third-order valence-corrected chi connectivity index (χ3v) is 7.51. The lowest BCUT2D eigenvalue weighted by Gasteiger charge is -2.34. The van der Waals surface area contributed by atoms with Crippen LogP contribution >= 0.6 is 10.0 Å². The first-order valence-corrected chi connectivity index (χ1v) is 10.3. The van der Waals surface area contributed by atoms with Crippen LogP contribution in [0.25, 0.3) is 21.5 Å². The van der Waals surface area contributed by atoms with E-state index in [9.17, 15) is 0 Å². The Morgan fingerprint density at radius 1 is 0.478 bits per heavy atom. The predicted molar refractivity (Wildman–Crippen MR) is 104 cm³/mol. The normalized spacial score (nSPS) is 12.6. The Labute approximate surface area is 139 Å². The third-order valence-electron chi connectivity index (χ3n) is 4.60. The van der Waals surface area contributed by atoms with Crippen LogP contribution in [0.3, 0.4) is 0 Å². The van der Waals surface area contributed by atoms with Crippen molar-refractivity contribution < 1.29 is 0 Å². The largest absolute Gasteiger partial charge is 0.192 e. The molecule has 0 radical (unpaired) electrons. The smallest absolute Gasteiger partial charge is 0.00149 e. The lowest BCUT2D eigenvalue weighted by atomic mass is 10.1. The van der Waals surface area contributed by atoms with E-state index in [4.69, 9.17) is 0 Å². The van der Waals surface area contributed by atoms with Crippen LogP contribution < -0.4 is 0 Å². The number of hydrogen-bond acceptors (Lipinski definition) is 0. The predicted octanol–water partition coefficient (Wildman–Crippen LogP) is 6.48. The van der Waals surface area contributed by atoms with Gasteiger partial charge in [0.1, 0.15) is 0 Å². The minimum absolute atomic E-state index is 1.09. The highest BCUT2D eigenvalue weighted by atomic mass is 32.3. The van der Waals surface area contributed by atoms with Gasteiger partial charge in [0, 0.05) is 9.79 Å². The fraction of sp³-hybridized carbons (Fsp3) is 0.0909. The molecule has 0 fully saturated rings. The number of hydrogen-bond donors (Lipinski definition) is 0. The zero-order chi connectivity index (χ0) is 15.9. The van der Waals surface area contributed by atoms with Crippen LogP contribution in [0.4, 0.5) is 0 Å². The summed E-state index contributed by atoms with van der Waals surface area (Å²) >= 11 is 0. The molecule has 0 atom stereocenters. The highest BCUT2D eigenvalue weighted by Gasteiger charge is 2.21. The number of fused-ring (bicyclic) bond motifs is 2. The third kappa shape index (κ3) is 2.32. The summed E-state index contributed by atoms with van der Waals surface area (Å²) in [5, 5.41) is 5.41. The number of benzene rings is 4. The molecule has 0 N–H and O–H groups in total. The van der Waals surface area contributed by atoms with Crippen molar-refractivity contribution in [2.45, 2.75) is 9.79 Å². The van der Waals surface area contributed by atoms with Crippen molar-refractivity contribution in [3.8, 4) is 0 Å². The topological polar surface area (TPSA) is 0 Å². The molecule has 0 aliphatic carbocycles. The van der Waals surface area contributed by atoms with Crippen molar-refractivity contribution in [3.05, 3.63) is 84.9 Å². The molecular formula is C22H20S. The first kappa shape index (κ1) is 14.3. The highest BCUT2D eigenvalue weighted by Crippen LogP contribution is 2.60. The summed E-state index contributed by atoms with van der Waals surface area (Å²) in [5.41, 5.74) is 0. The monoisotopic (exact) mass is 316 g/mol. The molecule has 0 saturated carbocycles. The summed E-state index contributed by atoms with van der Waals surface area (Å²) in [6.45, 7) is 0. The lowest BCUT2D eigenvalue weighted by molar-refractivity contribution is 1.44. The van der Waals surface area contributed by atoms with E-state index in [1.807, 2.05) is 0 Å². The second-order valence-corrected chi connectivity index (χ2v) is 9.81. The van der Waals surface area contributed by atoms with E-state index in [1.165, 1.54) is 31.3 Å². The number of rotatable bonds is 2. The molecule has 0 aliphatic heterocycles. The van der Waals surface area contributed by atoms with E-state index in [0.29, 0.717) is 0 Å². The second-order valence-electron chi connectivity index (χ2n) is 6.28. The zero-order valence-electron chi connectivity index (χ0n) is 13.5. The first-order valence-electron chi connectivity index (χ1n) is 7.87. The van der Waals surface area contributed by atoms with Crippen molar-refractivity contribution in [2.24, 2.45) is 0 Å². The van der Waals surface area contributed by atoms with E-state index in [1.54, 1.807) is 0 Å². The van der Waals surface area contributed by atoms with Crippen LogP contribution in [0.1, 0.15) is 0 Å². The maximum absolute atomic E-state index is 2.41. The fourth-order valence-electron chi connectivity index (χ4n) is 3.40. The molecular weight excluding hydrogens is 296 g/mol. The molecule has 0 aromatic heterocycles. The molecule has 114 valence electrons. The van der Waals surface area contributed by atoms with Crippen LogP contribution in [0.2, 0.25) is 0 Å². The summed E-state index contributed by atoms with van der Waals surface area (Å²) in [6.07, 6.45) is 4.83. The molecule has 0 saturated heterocycles. The first-order chi connectivity index (χ1) is 11.2. The average molecular weight is 316 g/mol. The Morgan fingerprint density at radius 3 is 1.35 bits per heavy atom. The van der Waals surface area contributed by atoms with Gasteiger partial charge in [-0.05, 0) is 46.2 Å². The van der Waals surface area contributed by atoms with E-state index in [-0.39, 0.29) is 0 Å². The summed E-state index contributed by atoms with van der Waals surface area (Å²) in [6, 6.07) is 30.8. The van der Waals surface area contributed by atoms with E-state index in [0.717, 1.165) is 0 Å². The highest BCUT2D eigenvalue weighted by molar-refractivity contribution is 8.33. The van der Waals surface area contributed by atoms with Crippen molar-refractivity contribution in [3.63, 3.8) is 0 Å². The van der Waals surface area contributed by atoms with Gasteiger partial charge in [0.05, 0.1) is 0 Å². The second kappa shape index (κ2) is 5.43. The zero-order valence-corrected chi connectivity index (χ0v) is 14.3. The van der Waals surface area contributed by atoms with Crippen LogP contribution in [0, 0.1) is 0 Å². The molecule has 1 heteroatoms. The van der Waals surface area contributed by atoms with E-state index < -0.39 is 10.0 Å². The molecule has 0 unspecified atom stereocenters. The fourth-order valence-corrected chi connectivity index (χ4v) is 5.95. The Hall–Kier alpha value is -2.25. The molecule has 23 heavy (non-hydrogen) atoms. The summed E-state index contributed by atoms with van der Waals surface area (Å²) < 4.78 is 0. The minimum atomic E-state index is -1.09. The van der Waals surface area contributed by atoms with Gasteiger partial charge in [-0.2, -0.15) is 10.0 Å². The van der Waals surface area contributed by atoms with E-state index in [2.05, 4.69) is 97.4 Å². The quantitative estimate of drug-likeness (QED) is 0.397. The maximum atomic E-state index is 2.41. The Kier molecular flexibility index (Phi) is 3.39. The molecule has 0 amide bonds. The minimum Gasteiger partial charge on any atom is -0.192 e. The van der Waals surface area contributed by atoms with Crippen LogP contribution in [0.5, 0.6) is 0 Å². The molecule has 0 bridgehead atoms.